The summed E-state index contributed by atoms with van der Waals surface area (Å²) in [4.78, 5) is 11.7. The van der Waals surface area contributed by atoms with Gasteiger partial charge in [0.15, 0.2) is 11.8 Å². The van der Waals surface area contributed by atoms with Gasteiger partial charge in [-0.3, -0.25) is 4.90 Å². The summed E-state index contributed by atoms with van der Waals surface area (Å²) < 4.78 is 1.76. The number of nitrogens with one attached hydrogen (secondary N) is 2. The van der Waals surface area contributed by atoms with Crippen LogP contribution < -0.4 is 10.6 Å². The zero-order valence-electron chi connectivity index (χ0n) is 17.4. The fourth-order valence-corrected chi connectivity index (χ4v) is 3.51. The first kappa shape index (κ1) is 20.3. The molecule has 0 amide bonds. The Balaban J connectivity index is 1.62. The number of piperidine rings is 1. The topological polar surface area (TPSA) is 70.4 Å². The Kier molecular flexibility index (Phi) is 7.03. The van der Waals surface area contributed by atoms with Gasteiger partial charge in [0.05, 0.1) is 6.54 Å². The van der Waals surface area contributed by atoms with E-state index in [4.69, 9.17) is 4.99 Å². The zero-order valence-corrected chi connectivity index (χ0v) is 17.4. The lowest BCUT2D eigenvalue weighted by Gasteiger charge is -2.41. The number of likely N-dealkylation sites (tertiary alicyclic amines) is 1. The monoisotopic (exact) mass is 383 g/mol. The fourth-order valence-electron chi connectivity index (χ4n) is 3.51. The molecule has 28 heavy (non-hydrogen) atoms. The number of pyridine rings is 1. The minimum absolute atomic E-state index is 0.112. The molecule has 7 nitrogen and oxygen atoms in total. The van der Waals surface area contributed by atoms with E-state index in [1.165, 1.54) is 32.4 Å². The number of rotatable bonds is 7. The lowest BCUT2D eigenvalue weighted by Crippen LogP contribution is -2.54. The van der Waals surface area contributed by atoms with E-state index >= 15 is 0 Å². The molecular weight excluding hydrogens is 350 g/mol. The maximum atomic E-state index is 4.77. The minimum atomic E-state index is 0.112. The molecule has 0 aromatic carbocycles. The highest BCUT2D eigenvalue weighted by molar-refractivity contribution is 5.79. The smallest absolute Gasteiger partial charge is 0.191 e. The average Bonchev–Trinajstić information content (AvgIpc) is 3.26. The third-order valence-corrected chi connectivity index (χ3v) is 5.21. The molecule has 3 heterocycles. The summed E-state index contributed by atoms with van der Waals surface area (Å²) >= 11 is 0. The van der Waals surface area contributed by atoms with Crippen molar-refractivity contribution in [3.05, 3.63) is 42.4 Å². The van der Waals surface area contributed by atoms with Gasteiger partial charge in [0.25, 0.3) is 0 Å². The Labute approximate surface area is 168 Å². The maximum Gasteiger partial charge on any atom is 0.191 e. The van der Waals surface area contributed by atoms with Crippen molar-refractivity contribution >= 4 is 5.96 Å². The van der Waals surface area contributed by atoms with E-state index in [0.717, 1.165) is 30.4 Å². The number of aliphatic imine (C=N–C) groups is 1. The molecule has 1 saturated heterocycles. The van der Waals surface area contributed by atoms with Crippen molar-refractivity contribution < 1.29 is 0 Å². The van der Waals surface area contributed by atoms with E-state index in [-0.39, 0.29) is 5.54 Å². The van der Waals surface area contributed by atoms with E-state index in [1.807, 2.05) is 30.6 Å². The number of guanidine groups is 1. The molecule has 1 aliphatic rings. The molecule has 7 heteroatoms. The summed E-state index contributed by atoms with van der Waals surface area (Å²) in [6, 6.07) is 5.92. The van der Waals surface area contributed by atoms with Gasteiger partial charge in [0, 0.05) is 37.2 Å². The van der Waals surface area contributed by atoms with Crippen LogP contribution in [0.4, 0.5) is 0 Å². The lowest BCUT2D eigenvalue weighted by molar-refractivity contribution is 0.0982. The van der Waals surface area contributed by atoms with Crippen molar-refractivity contribution in [3.63, 3.8) is 0 Å². The highest BCUT2D eigenvalue weighted by atomic mass is 15.3. The van der Waals surface area contributed by atoms with Gasteiger partial charge < -0.3 is 10.6 Å². The Morgan fingerprint density at radius 2 is 2.00 bits per heavy atom. The largest absolute Gasteiger partial charge is 0.357 e. The highest BCUT2D eigenvalue weighted by Gasteiger charge is 2.27. The molecule has 0 saturated carbocycles. The van der Waals surface area contributed by atoms with Gasteiger partial charge in [-0.15, -0.1) is 0 Å². The van der Waals surface area contributed by atoms with Gasteiger partial charge >= 0.3 is 0 Å². The van der Waals surface area contributed by atoms with Gasteiger partial charge in [-0.05, 0) is 70.5 Å². The molecule has 1 aliphatic heterocycles. The predicted octanol–water partition coefficient (Wildman–Crippen LogP) is 2.59. The summed E-state index contributed by atoms with van der Waals surface area (Å²) in [6.07, 6.45) is 9.42. The maximum absolute atomic E-state index is 4.77. The van der Waals surface area contributed by atoms with Crippen LogP contribution in [0.25, 0.3) is 5.82 Å². The molecule has 0 radical (unpaired) electrons. The molecule has 2 N–H and O–H groups in total. The standard InChI is InChI=1S/C21H33N7/c1-4-22-20(25-17-21(2,3)27-12-6-5-7-13-27)24-16-18-9-11-23-19(15-18)28-14-8-10-26-28/h8-11,14-15H,4-7,12-13,16-17H2,1-3H3,(H2,22,24,25). The van der Waals surface area contributed by atoms with Gasteiger partial charge in [-0.2, -0.15) is 5.10 Å². The summed E-state index contributed by atoms with van der Waals surface area (Å²) in [6.45, 7) is 11.4. The van der Waals surface area contributed by atoms with Gasteiger partial charge in [0.1, 0.15) is 0 Å². The van der Waals surface area contributed by atoms with Crippen LogP contribution in [0, 0.1) is 0 Å². The number of aromatic nitrogens is 3. The first-order chi connectivity index (χ1) is 13.6. The van der Waals surface area contributed by atoms with Crippen molar-refractivity contribution in [2.24, 2.45) is 4.99 Å². The third-order valence-electron chi connectivity index (χ3n) is 5.21. The Hall–Kier alpha value is -2.41. The number of nitrogens with zero attached hydrogens (tertiary/aromatic N) is 5. The van der Waals surface area contributed by atoms with Crippen molar-refractivity contribution in [2.45, 2.75) is 52.1 Å². The molecule has 2 aromatic heterocycles. The summed E-state index contributed by atoms with van der Waals surface area (Å²) in [5.41, 5.74) is 1.22. The van der Waals surface area contributed by atoms with Crippen LogP contribution in [0.3, 0.4) is 0 Å². The van der Waals surface area contributed by atoms with Crippen LogP contribution >= 0.6 is 0 Å². The van der Waals surface area contributed by atoms with Crippen molar-refractivity contribution in [1.82, 2.24) is 30.3 Å². The van der Waals surface area contributed by atoms with E-state index in [0.29, 0.717) is 6.54 Å². The zero-order chi connectivity index (χ0) is 19.8. The molecule has 2 aromatic rings. The van der Waals surface area contributed by atoms with E-state index in [2.05, 4.69) is 46.4 Å². The van der Waals surface area contributed by atoms with Crippen LogP contribution in [0.1, 0.15) is 45.6 Å². The quantitative estimate of drug-likeness (QED) is 0.568. The minimum Gasteiger partial charge on any atom is -0.357 e. The molecule has 1 fully saturated rings. The lowest BCUT2D eigenvalue weighted by atomic mass is 9.98. The van der Waals surface area contributed by atoms with E-state index < -0.39 is 0 Å². The van der Waals surface area contributed by atoms with Gasteiger partial charge in [0.2, 0.25) is 0 Å². The van der Waals surface area contributed by atoms with E-state index in [1.54, 1.807) is 10.9 Å². The second-order valence-electron chi connectivity index (χ2n) is 7.88. The Morgan fingerprint density at radius 1 is 1.18 bits per heavy atom. The molecule has 0 spiro atoms. The molecule has 0 aliphatic carbocycles. The van der Waals surface area contributed by atoms with Crippen LogP contribution in [-0.4, -0.2) is 57.3 Å². The van der Waals surface area contributed by atoms with Crippen LogP contribution in [0.15, 0.2) is 41.8 Å². The second kappa shape index (κ2) is 9.68. The predicted molar refractivity (Wildman–Crippen MR) is 114 cm³/mol. The van der Waals surface area contributed by atoms with Crippen LogP contribution in [0.2, 0.25) is 0 Å². The second-order valence-corrected chi connectivity index (χ2v) is 7.88. The number of hydrogen-bond donors (Lipinski definition) is 2. The molecular formula is C21H33N7. The molecule has 0 bridgehead atoms. The molecule has 0 unspecified atom stereocenters. The van der Waals surface area contributed by atoms with Crippen LogP contribution in [0.5, 0.6) is 0 Å². The molecule has 0 atom stereocenters. The SMILES string of the molecule is CCNC(=NCc1ccnc(-n2cccn2)c1)NCC(C)(C)N1CCCCC1. The van der Waals surface area contributed by atoms with E-state index in [9.17, 15) is 0 Å². The first-order valence-electron chi connectivity index (χ1n) is 10.3. The summed E-state index contributed by atoms with van der Waals surface area (Å²) in [7, 11) is 0. The van der Waals surface area contributed by atoms with Crippen LogP contribution in [-0.2, 0) is 6.54 Å². The van der Waals surface area contributed by atoms with Crippen molar-refractivity contribution in [3.8, 4) is 5.82 Å². The summed E-state index contributed by atoms with van der Waals surface area (Å²) in [5, 5.41) is 11.1. The summed E-state index contributed by atoms with van der Waals surface area (Å²) in [5.74, 6) is 1.66. The average molecular weight is 384 g/mol. The Morgan fingerprint density at radius 3 is 2.71 bits per heavy atom. The van der Waals surface area contributed by atoms with Gasteiger partial charge in [-0.25, -0.2) is 14.7 Å². The Bertz CT molecular complexity index is 746. The highest BCUT2D eigenvalue weighted by Crippen LogP contribution is 2.19. The normalized spacial score (nSPS) is 16.2. The van der Waals surface area contributed by atoms with Gasteiger partial charge in [-0.1, -0.05) is 6.42 Å². The molecule has 152 valence electrons. The number of hydrogen-bond acceptors (Lipinski definition) is 4. The first-order valence-corrected chi connectivity index (χ1v) is 10.3. The third kappa shape index (κ3) is 5.55. The van der Waals surface area contributed by atoms with Crippen molar-refractivity contribution in [2.75, 3.05) is 26.2 Å². The van der Waals surface area contributed by atoms with Crippen molar-refractivity contribution in [1.29, 1.82) is 0 Å². The molecule has 3 rings (SSSR count). The fraction of sp³-hybridized carbons (Fsp3) is 0.571.